The maximum absolute atomic E-state index is 13.5. The summed E-state index contributed by atoms with van der Waals surface area (Å²) < 4.78 is 15.0. The summed E-state index contributed by atoms with van der Waals surface area (Å²) in [5, 5.41) is 16.4. The number of halogens is 2. The maximum Gasteiger partial charge on any atom is 0.355 e. The summed E-state index contributed by atoms with van der Waals surface area (Å²) in [6.45, 7) is 0. The maximum atomic E-state index is 13.5. The molecule has 0 saturated heterocycles. The van der Waals surface area contributed by atoms with E-state index in [4.69, 9.17) is 16.7 Å². The molecule has 5 nitrogen and oxygen atoms in total. The van der Waals surface area contributed by atoms with Gasteiger partial charge in [0, 0.05) is 16.3 Å². The molecular formula is C17H9ClFN3O2S. The van der Waals surface area contributed by atoms with Crippen LogP contribution in [-0.2, 0) is 0 Å². The van der Waals surface area contributed by atoms with Gasteiger partial charge in [0.25, 0.3) is 0 Å². The minimum Gasteiger partial charge on any atom is -0.476 e. The van der Waals surface area contributed by atoms with E-state index in [0.29, 0.717) is 16.4 Å². The Bertz CT molecular complexity index is 1120. The number of carboxylic acids is 1. The smallest absolute Gasteiger partial charge is 0.355 e. The van der Waals surface area contributed by atoms with Crippen LogP contribution < -0.4 is 0 Å². The summed E-state index contributed by atoms with van der Waals surface area (Å²) in [7, 11) is 0. The molecule has 0 radical (unpaired) electrons. The van der Waals surface area contributed by atoms with E-state index in [-0.39, 0.29) is 10.7 Å². The van der Waals surface area contributed by atoms with Crippen molar-refractivity contribution in [1.29, 1.82) is 0 Å². The van der Waals surface area contributed by atoms with Crippen molar-refractivity contribution >= 4 is 39.8 Å². The molecule has 4 rings (SSSR count). The number of carbonyl (C=O) groups is 1. The highest BCUT2D eigenvalue weighted by atomic mass is 35.5. The highest BCUT2D eigenvalue weighted by Crippen LogP contribution is 2.32. The molecule has 0 amide bonds. The first kappa shape index (κ1) is 15.7. The highest BCUT2D eigenvalue weighted by Gasteiger charge is 2.17. The van der Waals surface area contributed by atoms with Gasteiger partial charge in [-0.05, 0) is 24.3 Å². The Morgan fingerprint density at radius 2 is 2.04 bits per heavy atom. The Hall–Kier alpha value is -2.77. The Labute approximate surface area is 149 Å². The first-order valence-corrected chi connectivity index (χ1v) is 8.43. The lowest BCUT2D eigenvalue weighted by Gasteiger charge is -2.00. The fourth-order valence-electron chi connectivity index (χ4n) is 2.53. The zero-order chi connectivity index (χ0) is 17.6. The molecule has 0 aliphatic heterocycles. The number of hydrogen-bond acceptors (Lipinski definition) is 4. The Morgan fingerprint density at radius 3 is 2.76 bits per heavy atom. The van der Waals surface area contributed by atoms with Gasteiger partial charge in [0.2, 0.25) is 5.13 Å². The molecule has 2 aromatic carbocycles. The second-order valence-electron chi connectivity index (χ2n) is 5.23. The van der Waals surface area contributed by atoms with Crippen molar-refractivity contribution in [3.05, 3.63) is 64.4 Å². The summed E-state index contributed by atoms with van der Waals surface area (Å²) in [6, 6.07) is 11.9. The van der Waals surface area contributed by atoms with E-state index in [9.17, 15) is 9.18 Å². The van der Waals surface area contributed by atoms with Gasteiger partial charge in [-0.15, -0.1) is 11.3 Å². The van der Waals surface area contributed by atoms with Crippen LogP contribution in [0.15, 0.2) is 47.8 Å². The molecule has 8 heteroatoms. The van der Waals surface area contributed by atoms with Gasteiger partial charge in [0.1, 0.15) is 11.5 Å². The van der Waals surface area contributed by atoms with Crippen LogP contribution in [-0.4, -0.2) is 25.8 Å². The third-order valence-electron chi connectivity index (χ3n) is 3.67. The molecule has 0 unspecified atom stereocenters. The first-order chi connectivity index (χ1) is 12.0. The SMILES string of the molecule is O=C(O)c1csc(-n2nc(-c3ccc(F)c(Cl)c3)c3ccccc32)n1. The number of para-hydroxylation sites is 1. The third kappa shape index (κ3) is 2.67. The zero-order valence-electron chi connectivity index (χ0n) is 12.5. The lowest BCUT2D eigenvalue weighted by atomic mass is 10.1. The van der Waals surface area contributed by atoms with E-state index < -0.39 is 11.8 Å². The van der Waals surface area contributed by atoms with Crippen molar-refractivity contribution in [2.75, 3.05) is 0 Å². The summed E-state index contributed by atoms with van der Waals surface area (Å²) in [5.74, 6) is -1.59. The molecule has 2 aromatic heterocycles. The van der Waals surface area contributed by atoms with Crippen LogP contribution in [0, 0.1) is 5.82 Å². The number of benzene rings is 2. The average molecular weight is 374 g/mol. The molecule has 124 valence electrons. The Morgan fingerprint density at radius 1 is 1.24 bits per heavy atom. The zero-order valence-corrected chi connectivity index (χ0v) is 14.1. The second-order valence-corrected chi connectivity index (χ2v) is 6.47. The fourth-order valence-corrected chi connectivity index (χ4v) is 3.47. The normalized spacial score (nSPS) is 11.1. The third-order valence-corrected chi connectivity index (χ3v) is 4.78. The Balaban J connectivity index is 1.94. The van der Waals surface area contributed by atoms with Crippen LogP contribution in [0.4, 0.5) is 4.39 Å². The van der Waals surface area contributed by atoms with Crippen molar-refractivity contribution in [1.82, 2.24) is 14.8 Å². The first-order valence-electron chi connectivity index (χ1n) is 7.17. The summed E-state index contributed by atoms with van der Waals surface area (Å²) in [4.78, 5) is 15.2. The standard InChI is InChI=1S/C17H9ClFN3O2S/c18-11-7-9(5-6-12(11)19)15-10-3-1-2-4-14(10)22(21-15)17-20-13(8-25-17)16(23)24/h1-8H,(H,23,24). The number of aromatic carboxylic acids is 1. The quantitative estimate of drug-likeness (QED) is 0.568. The predicted octanol–water partition coefficient (Wildman–Crippen LogP) is 4.64. The van der Waals surface area contributed by atoms with E-state index in [1.807, 2.05) is 24.3 Å². The number of hydrogen-bond donors (Lipinski definition) is 1. The molecule has 1 N–H and O–H groups in total. The predicted molar refractivity (Wildman–Crippen MR) is 94.1 cm³/mol. The number of carboxylic acid groups (broad SMARTS) is 1. The molecule has 0 spiro atoms. The van der Waals surface area contributed by atoms with Gasteiger partial charge in [-0.25, -0.2) is 18.9 Å². The van der Waals surface area contributed by atoms with Gasteiger partial charge >= 0.3 is 5.97 Å². The van der Waals surface area contributed by atoms with Crippen molar-refractivity contribution in [3.63, 3.8) is 0 Å². The molecular weight excluding hydrogens is 365 g/mol. The summed E-state index contributed by atoms with van der Waals surface area (Å²) in [5.41, 5.74) is 2.01. The molecule has 4 aromatic rings. The van der Waals surface area contributed by atoms with Crippen molar-refractivity contribution in [2.24, 2.45) is 0 Å². The number of thiazole rings is 1. The van der Waals surface area contributed by atoms with Gasteiger partial charge in [-0.2, -0.15) is 5.10 Å². The van der Waals surface area contributed by atoms with Crippen LogP contribution in [0.25, 0.3) is 27.3 Å². The highest BCUT2D eigenvalue weighted by molar-refractivity contribution is 7.12. The number of aromatic nitrogens is 3. The Kier molecular flexibility index (Phi) is 3.74. The van der Waals surface area contributed by atoms with Gasteiger partial charge in [0.05, 0.1) is 10.5 Å². The van der Waals surface area contributed by atoms with Crippen LogP contribution >= 0.6 is 22.9 Å². The van der Waals surface area contributed by atoms with E-state index >= 15 is 0 Å². The van der Waals surface area contributed by atoms with Gasteiger partial charge in [-0.3, -0.25) is 0 Å². The van der Waals surface area contributed by atoms with E-state index in [0.717, 1.165) is 10.9 Å². The van der Waals surface area contributed by atoms with E-state index in [2.05, 4.69) is 10.1 Å². The minimum absolute atomic E-state index is 0.0125. The largest absolute Gasteiger partial charge is 0.476 e. The van der Waals surface area contributed by atoms with Crippen LogP contribution in [0.3, 0.4) is 0 Å². The topological polar surface area (TPSA) is 68.0 Å². The average Bonchev–Trinajstić information content (AvgIpc) is 3.22. The summed E-state index contributed by atoms with van der Waals surface area (Å²) >= 11 is 7.07. The van der Waals surface area contributed by atoms with Crippen LogP contribution in [0.5, 0.6) is 0 Å². The number of fused-ring (bicyclic) bond motifs is 1. The number of nitrogens with zero attached hydrogens (tertiary/aromatic N) is 3. The number of rotatable bonds is 3. The molecule has 0 atom stereocenters. The molecule has 2 heterocycles. The minimum atomic E-state index is -1.09. The monoisotopic (exact) mass is 373 g/mol. The lowest BCUT2D eigenvalue weighted by molar-refractivity contribution is 0.0691. The van der Waals surface area contributed by atoms with Gasteiger partial charge in [0.15, 0.2) is 5.69 Å². The van der Waals surface area contributed by atoms with Crippen LogP contribution in [0.2, 0.25) is 5.02 Å². The molecule has 0 bridgehead atoms. The van der Waals surface area contributed by atoms with E-state index in [1.165, 1.54) is 28.8 Å². The van der Waals surface area contributed by atoms with Gasteiger partial charge < -0.3 is 5.11 Å². The van der Waals surface area contributed by atoms with Gasteiger partial charge in [-0.1, -0.05) is 29.8 Å². The van der Waals surface area contributed by atoms with Crippen molar-refractivity contribution in [2.45, 2.75) is 0 Å². The lowest BCUT2D eigenvalue weighted by Crippen LogP contribution is -2.00. The van der Waals surface area contributed by atoms with Crippen molar-refractivity contribution in [3.8, 4) is 16.4 Å². The molecule has 0 fully saturated rings. The van der Waals surface area contributed by atoms with Crippen molar-refractivity contribution < 1.29 is 14.3 Å². The molecule has 0 saturated carbocycles. The molecule has 25 heavy (non-hydrogen) atoms. The second kappa shape index (κ2) is 5.94. The molecule has 0 aliphatic carbocycles. The van der Waals surface area contributed by atoms with E-state index in [1.54, 1.807) is 10.7 Å². The summed E-state index contributed by atoms with van der Waals surface area (Å²) in [6.07, 6.45) is 0. The fraction of sp³-hybridized carbons (Fsp3) is 0. The van der Waals surface area contributed by atoms with Crippen LogP contribution in [0.1, 0.15) is 10.5 Å². The molecule has 0 aliphatic rings.